The molecule has 3 amide bonds. The fraction of sp³-hybridized carbons (Fsp3) is 0.375. The maximum atomic E-state index is 12.5. The first-order valence-electron chi connectivity index (χ1n) is 11.5. The molecule has 190 valence electrons. The number of benzene rings is 2. The van der Waals surface area contributed by atoms with Crippen molar-refractivity contribution in [3.8, 4) is 11.4 Å². The minimum Gasteiger partial charge on any atom is -0.494 e. The number of para-hydroxylation sites is 2. The Hall–Kier alpha value is -4.35. The van der Waals surface area contributed by atoms with E-state index in [-0.39, 0.29) is 18.1 Å². The molecule has 1 unspecified atom stereocenters. The van der Waals surface area contributed by atoms with Crippen LogP contribution in [0.1, 0.15) is 32.6 Å². The number of nitrogens with one attached hydrogen (secondary N) is 2. The summed E-state index contributed by atoms with van der Waals surface area (Å²) in [4.78, 5) is 25.5. The Morgan fingerprint density at radius 1 is 1.11 bits per heavy atom. The monoisotopic (exact) mass is 494 g/mol. The molecule has 1 fully saturated rings. The molecule has 12 nitrogen and oxygen atoms in total. The van der Waals surface area contributed by atoms with Crippen molar-refractivity contribution in [2.24, 2.45) is 11.7 Å². The van der Waals surface area contributed by atoms with Gasteiger partial charge in [-0.15, -0.1) is 5.10 Å². The number of likely N-dealkylation sites (tertiary alicyclic amines) is 1. The first-order chi connectivity index (χ1) is 17.1. The van der Waals surface area contributed by atoms with Gasteiger partial charge >= 0.3 is 12.1 Å². The van der Waals surface area contributed by atoms with E-state index in [9.17, 15) is 9.59 Å². The molecule has 12 heteroatoms. The molecular weight excluding hydrogens is 464 g/mol. The number of primary amides is 1. The van der Waals surface area contributed by atoms with Crippen molar-refractivity contribution in [3.05, 3.63) is 54.4 Å². The minimum atomic E-state index is -0.657. The number of tetrazole rings is 1. The Labute approximate surface area is 208 Å². The zero-order chi connectivity index (χ0) is 25.9. The number of anilines is 2. The number of carbonyl (C=O) groups excluding carboxylic acids is 2. The van der Waals surface area contributed by atoms with Gasteiger partial charge in [-0.1, -0.05) is 18.2 Å². The average molecular weight is 495 g/mol. The van der Waals surface area contributed by atoms with E-state index in [0.29, 0.717) is 36.0 Å². The van der Waals surface area contributed by atoms with Crippen molar-refractivity contribution in [2.45, 2.75) is 32.4 Å². The van der Waals surface area contributed by atoms with Gasteiger partial charge in [0.05, 0.1) is 13.2 Å². The number of amides is 3. The van der Waals surface area contributed by atoms with Gasteiger partial charge in [-0.2, -0.15) is 4.68 Å². The summed E-state index contributed by atoms with van der Waals surface area (Å²) in [5, 5.41) is 18.5. The highest BCUT2D eigenvalue weighted by Crippen LogP contribution is 2.35. The van der Waals surface area contributed by atoms with Crippen LogP contribution < -0.4 is 21.1 Å². The molecule has 0 aliphatic carbocycles. The van der Waals surface area contributed by atoms with Gasteiger partial charge in [0, 0.05) is 30.4 Å². The molecule has 1 saturated heterocycles. The lowest BCUT2D eigenvalue weighted by molar-refractivity contribution is -0.00424. The number of carbonyl (C=O) groups is 2. The van der Waals surface area contributed by atoms with E-state index < -0.39 is 11.6 Å². The van der Waals surface area contributed by atoms with Gasteiger partial charge in [-0.3, -0.25) is 0 Å². The van der Waals surface area contributed by atoms with Crippen LogP contribution in [0.25, 0.3) is 5.69 Å². The first-order valence-corrected chi connectivity index (χ1v) is 11.5. The molecule has 1 aromatic heterocycles. The summed E-state index contributed by atoms with van der Waals surface area (Å²) in [6.07, 6.45) is -0.366. The van der Waals surface area contributed by atoms with Crippen LogP contribution in [0.15, 0.2) is 48.5 Å². The Morgan fingerprint density at radius 2 is 1.83 bits per heavy atom. The molecule has 1 aliphatic rings. The van der Waals surface area contributed by atoms with Gasteiger partial charge in [-0.05, 0) is 61.5 Å². The molecule has 36 heavy (non-hydrogen) atoms. The molecule has 0 bridgehead atoms. The number of ether oxygens (including phenoxy) is 2. The molecule has 0 radical (unpaired) electrons. The third-order valence-electron chi connectivity index (χ3n) is 5.57. The van der Waals surface area contributed by atoms with E-state index in [0.717, 1.165) is 5.69 Å². The van der Waals surface area contributed by atoms with Gasteiger partial charge in [-0.25, -0.2) is 9.59 Å². The second-order valence-electron chi connectivity index (χ2n) is 9.46. The van der Waals surface area contributed by atoms with Crippen LogP contribution in [-0.4, -0.2) is 63.0 Å². The van der Waals surface area contributed by atoms with Crippen molar-refractivity contribution >= 4 is 23.5 Å². The quantitative estimate of drug-likeness (QED) is 0.453. The van der Waals surface area contributed by atoms with Crippen molar-refractivity contribution < 1.29 is 19.1 Å². The molecule has 0 saturated carbocycles. The summed E-state index contributed by atoms with van der Waals surface area (Å²) in [5.74, 6) is 1.13. The smallest absolute Gasteiger partial charge is 0.410 e. The van der Waals surface area contributed by atoms with Crippen molar-refractivity contribution in [1.29, 1.82) is 0 Å². The molecule has 1 atom stereocenters. The number of methoxy groups -OCH3 is 1. The minimum absolute atomic E-state index is 0.0234. The summed E-state index contributed by atoms with van der Waals surface area (Å²) >= 11 is 0. The maximum Gasteiger partial charge on any atom is 0.410 e. The van der Waals surface area contributed by atoms with E-state index in [1.54, 1.807) is 34.9 Å². The highest BCUT2D eigenvalue weighted by atomic mass is 16.6. The maximum absolute atomic E-state index is 12.5. The fourth-order valence-corrected chi connectivity index (χ4v) is 3.97. The number of hydrogen-bond donors (Lipinski definition) is 3. The lowest BCUT2D eigenvalue weighted by Crippen LogP contribution is -2.54. The van der Waals surface area contributed by atoms with E-state index in [1.807, 2.05) is 51.1 Å². The van der Waals surface area contributed by atoms with E-state index in [4.69, 9.17) is 15.2 Å². The van der Waals surface area contributed by atoms with Gasteiger partial charge in [0.15, 0.2) is 5.82 Å². The number of hydrogen-bond acceptors (Lipinski definition) is 8. The summed E-state index contributed by atoms with van der Waals surface area (Å²) in [6.45, 7) is 6.40. The Morgan fingerprint density at radius 3 is 2.53 bits per heavy atom. The van der Waals surface area contributed by atoms with Crippen LogP contribution in [0.5, 0.6) is 5.75 Å². The average Bonchev–Trinajstić information content (AvgIpc) is 3.25. The molecule has 0 spiro atoms. The standard InChI is InChI=1S/C24H30N8O4/c1-24(2,3)36-23(34)31-13-15(14-31)20(26-16-8-7-9-17(12-16)27-22(25)33)21-28-29-30-32(21)18-10-5-6-11-19(18)35-4/h5-12,15,20,26H,13-14H2,1-4H3,(H3,25,27,33). The van der Waals surface area contributed by atoms with E-state index in [1.165, 1.54) is 0 Å². The van der Waals surface area contributed by atoms with Crippen LogP contribution in [0.2, 0.25) is 0 Å². The van der Waals surface area contributed by atoms with Crippen LogP contribution in [-0.2, 0) is 4.74 Å². The topological polar surface area (TPSA) is 150 Å². The summed E-state index contributed by atoms with van der Waals surface area (Å²) in [7, 11) is 1.58. The number of rotatable bonds is 7. The number of urea groups is 1. The van der Waals surface area contributed by atoms with Gasteiger partial charge in [0.1, 0.15) is 17.0 Å². The van der Waals surface area contributed by atoms with Crippen LogP contribution in [0.3, 0.4) is 0 Å². The van der Waals surface area contributed by atoms with Gasteiger partial charge < -0.3 is 30.7 Å². The van der Waals surface area contributed by atoms with Gasteiger partial charge in [0.2, 0.25) is 0 Å². The third kappa shape index (κ3) is 5.65. The number of aromatic nitrogens is 4. The van der Waals surface area contributed by atoms with Crippen LogP contribution >= 0.6 is 0 Å². The van der Waals surface area contributed by atoms with Crippen molar-refractivity contribution in [1.82, 2.24) is 25.1 Å². The fourth-order valence-electron chi connectivity index (χ4n) is 3.97. The molecule has 2 aromatic carbocycles. The van der Waals surface area contributed by atoms with E-state index >= 15 is 0 Å². The molecule has 3 aromatic rings. The Bertz CT molecular complexity index is 1230. The molecule has 4 rings (SSSR count). The first kappa shape index (κ1) is 24.8. The number of nitrogens with two attached hydrogens (primary N) is 1. The van der Waals surface area contributed by atoms with Crippen molar-refractivity contribution in [2.75, 3.05) is 30.8 Å². The number of nitrogens with zero attached hydrogens (tertiary/aromatic N) is 5. The Balaban J connectivity index is 1.64. The van der Waals surface area contributed by atoms with Crippen LogP contribution in [0.4, 0.5) is 21.0 Å². The van der Waals surface area contributed by atoms with Crippen molar-refractivity contribution in [3.63, 3.8) is 0 Å². The lowest BCUT2D eigenvalue weighted by atomic mass is 9.90. The second kappa shape index (κ2) is 10.1. The second-order valence-corrected chi connectivity index (χ2v) is 9.46. The molecule has 2 heterocycles. The normalized spacial score (nSPS) is 14.5. The summed E-state index contributed by atoms with van der Waals surface area (Å²) < 4.78 is 12.6. The van der Waals surface area contributed by atoms with E-state index in [2.05, 4.69) is 26.2 Å². The highest BCUT2D eigenvalue weighted by molar-refractivity contribution is 5.88. The lowest BCUT2D eigenvalue weighted by Gasteiger charge is -2.43. The SMILES string of the molecule is COc1ccccc1-n1nnnc1C(Nc1cccc(NC(N)=O)c1)C1CN(C(=O)OC(C)(C)C)C1. The molecular formula is C24H30N8O4. The zero-order valence-electron chi connectivity index (χ0n) is 20.6. The summed E-state index contributed by atoms with van der Waals surface area (Å²) in [6, 6.07) is 13.5. The largest absolute Gasteiger partial charge is 0.494 e. The molecule has 4 N–H and O–H groups in total. The highest BCUT2D eigenvalue weighted by Gasteiger charge is 2.41. The Kier molecular flexibility index (Phi) is 6.95. The molecule has 1 aliphatic heterocycles. The van der Waals surface area contributed by atoms with Gasteiger partial charge in [0.25, 0.3) is 0 Å². The zero-order valence-corrected chi connectivity index (χ0v) is 20.6. The predicted molar refractivity (Wildman–Crippen MR) is 133 cm³/mol. The third-order valence-corrected chi connectivity index (χ3v) is 5.57. The van der Waals surface area contributed by atoms with Crippen LogP contribution in [0, 0.1) is 5.92 Å². The predicted octanol–water partition coefficient (Wildman–Crippen LogP) is 3.18. The summed E-state index contributed by atoms with van der Waals surface area (Å²) in [5.41, 5.74) is 6.63.